The van der Waals surface area contributed by atoms with E-state index < -0.39 is 0 Å². The maximum Gasteiger partial charge on any atom is 0.235 e. The molecule has 3 aromatic heterocycles. The summed E-state index contributed by atoms with van der Waals surface area (Å²) in [7, 11) is 1.95. The molecule has 0 unspecified atom stereocenters. The third-order valence-corrected chi connectivity index (χ3v) is 2.97. The van der Waals surface area contributed by atoms with Crippen molar-refractivity contribution in [2.45, 2.75) is 19.9 Å². The van der Waals surface area contributed by atoms with Crippen LogP contribution in [0.15, 0.2) is 28.8 Å². The first-order valence-corrected chi connectivity index (χ1v) is 6.23. The average molecular weight is 257 g/mol. The number of nitrogens with zero attached hydrogens (tertiary/aromatic N) is 4. The summed E-state index contributed by atoms with van der Waals surface area (Å²) < 4.78 is 5.50. The highest BCUT2D eigenvalue weighted by Gasteiger charge is 2.10. The van der Waals surface area contributed by atoms with Crippen molar-refractivity contribution in [3.05, 3.63) is 36.2 Å². The third-order valence-electron chi connectivity index (χ3n) is 2.97. The Hall–Kier alpha value is -2.37. The summed E-state index contributed by atoms with van der Waals surface area (Å²) in [6.07, 6.45) is 2.64. The lowest BCUT2D eigenvalue weighted by molar-refractivity contribution is 0.452. The van der Waals surface area contributed by atoms with Gasteiger partial charge in [-0.1, -0.05) is 6.92 Å². The first kappa shape index (κ1) is 11.7. The van der Waals surface area contributed by atoms with Gasteiger partial charge >= 0.3 is 0 Å². The van der Waals surface area contributed by atoms with Gasteiger partial charge in [0.1, 0.15) is 11.5 Å². The minimum atomic E-state index is 0.548. The number of pyridine rings is 1. The van der Waals surface area contributed by atoms with Crippen molar-refractivity contribution in [2.75, 3.05) is 11.9 Å². The van der Waals surface area contributed by atoms with Crippen LogP contribution in [-0.4, -0.2) is 27.2 Å². The Labute approximate surface area is 110 Å². The van der Waals surface area contributed by atoms with E-state index in [9.17, 15) is 0 Å². The predicted octanol–water partition coefficient (Wildman–Crippen LogP) is 2.14. The number of aryl methyl sites for hydroxylation is 1. The fraction of sp³-hybridized carbons (Fsp3) is 0.308. The molecular weight excluding hydrogens is 242 g/mol. The molecule has 6 heteroatoms. The van der Waals surface area contributed by atoms with Crippen molar-refractivity contribution in [3.8, 4) is 0 Å². The molecule has 0 spiro atoms. The zero-order valence-electron chi connectivity index (χ0n) is 10.9. The van der Waals surface area contributed by atoms with Crippen LogP contribution in [0.3, 0.4) is 0 Å². The van der Waals surface area contributed by atoms with Gasteiger partial charge in [-0.3, -0.25) is 0 Å². The highest BCUT2D eigenvalue weighted by Crippen LogP contribution is 2.17. The average Bonchev–Trinajstić information content (AvgIpc) is 3.05. The van der Waals surface area contributed by atoms with Crippen molar-refractivity contribution < 1.29 is 4.42 Å². The molecule has 0 aromatic carbocycles. The molecule has 3 heterocycles. The first-order valence-electron chi connectivity index (χ1n) is 6.23. The van der Waals surface area contributed by atoms with E-state index in [1.165, 1.54) is 0 Å². The maximum atomic E-state index is 5.50. The van der Waals surface area contributed by atoms with Crippen molar-refractivity contribution in [3.63, 3.8) is 0 Å². The second-order valence-corrected chi connectivity index (χ2v) is 4.38. The fourth-order valence-corrected chi connectivity index (χ4v) is 1.91. The second-order valence-electron chi connectivity index (χ2n) is 4.38. The third kappa shape index (κ3) is 2.29. The molecule has 3 aromatic rings. The van der Waals surface area contributed by atoms with Gasteiger partial charge in [-0.2, -0.15) is 0 Å². The SMILES string of the molecule is CCc1nnc(CN(C)c2ccc3cc[nH]c3n2)o1. The molecular formula is C13H15N5O. The topological polar surface area (TPSA) is 70.8 Å². The number of nitrogens with one attached hydrogen (secondary N) is 1. The molecule has 0 saturated heterocycles. The van der Waals surface area contributed by atoms with Gasteiger partial charge < -0.3 is 14.3 Å². The quantitative estimate of drug-likeness (QED) is 0.775. The molecule has 0 fully saturated rings. The Morgan fingerprint density at radius 2 is 2.05 bits per heavy atom. The van der Waals surface area contributed by atoms with Gasteiger partial charge in [0, 0.05) is 25.1 Å². The normalized spacial score (nSPS) is 11.1. The van der Waals surface area contributed by atoms with Crippen molar-refractivity contribution >= 4 is 16.9 Å². The summed E-state index contributed by atoms with van der Waals surface area (Å²) in [5.41, 5.74) is 0.879. The number of hydrogen-bond donors (Lipinski definition) is 1. The Morgan fingerprint density at radius 3 is 2.84 bits per heavy atom. The molecule has 3 rings (SSSR count). The van der Waals surface area contributed by atoms with Crippen LogP contribution in [0, 0.1) is 0 Å². The van der Waals surface area contributed by atoms with Gasteiger partial charge in [0.15, 0.2) is 0 Å². The van der Waals surface area contributed by atoms with Crippen molar-refractivity contribution in [1.29, 1.82) is 0 Å². The standard InChI is InChI=1S/C13H15N5O/c1-3-11-16-17-12(19-11)8-18(2)10-5-4-9-6-7-14-13(9)15-10/h4-7H,3,8H2,1-2H3,(H,14,15). The predicted molar refractivity (Wildman–Crippen MR) is 71.9 cm³/mol. The number of anilines is 1. The second kappa shape index (κ2) is 4.72. The lowest BCUT2D eigenvalue weighted by atomic mass is 10.3. The fourth-order valence-electron chi connectivity index (χ4n) is 1.91. The van der Waals surface area contributed by atoms with Crippen LogP contribution in [0.2, 0.25) is 0 Å². The largest absolute Gasteiger partial charge is 0.423 e. The van der Waals surface area contributed by atoms with E-state index in [4.69, 9.17) is 4.42 Å². The Bertz CT molecular complexity index is 687. The molecule has 0 radical (unpaired) electrons. The molecule has 0 atom stereocenters. The van der Waals surface area contributed by atoms with Crippen LogP contribution in [0.4, 0.5) is 5.82 Å². The van der Waals surface area contributed by atoms with E-state index in [1.807, 2.05) is 43.3 Å². The van der Waals surface area contributed by atoms with Gasteiger partial charge in [0.25, 0.3) is 0 Å². The van der Waals surface area contributed by atoms with Crippen LogP contribution >= 0.6 is 0 Å². The van der Waals surface area contributed by atoms with E-state index >= 15 is 0 Å². The molecule has 0 bridgehead atoms. The van der Waals surface area contributed by atoms with Crippen LogP contribution in [0.25, 0.3) is 11.0 Å². The van der Waals surface area contributed by atoms with Gasteiger partial charge in [0.05, 0.1) is 6.54 Å². The van der Waals surface area contributed by atoms with Crippen molar-refractivity contribution in [1.82, 2.24) is 20.2 Å². The zero-order chi connectivity index (χ0) is 13.2. The number of aromatic nitrogens is 4. The number of fused-ring (bicyclic) bond motifs is 1. The summed E-state index contributed by atoms with van der Waals surface area (Å²) in [5, 5.41) is 9.06. The highest BCUT2D eigenvalue weighted by molar-refractivity contribution is 5.77. The molecule has 0 aliphatic carbocycles. The Balaban J connectivity index is 1.80. The summed E-state index contributed by atoms with van der Waals surface area (Å²) in [5.74, 6) is 2.13. The molecule has 0 aliphatic heterocycles. The van der Waals surface area contributed by atoms with Crippen LogP contribution in [0.1, 0.15) is 18.7 Å². The van der Waals surface area contributed by atoms with E-state index in [1.54, 1.807) is 0 Å². The summed E-state index contributed by atoms with van der Waals surface area (Å²) in [4.78, 5) is 9.62. The zero-order valence-corrected chi connectivity index (χ0v) is 10.9. The van der Waals surface area contributed by atoms with Crippen molar-refractivity contribution in [2.24, 2.45) is 0 Å². The number of rotatable bonds is 4. The number of hydrogen-bond acceptors (Lipinski definition) is 5. The smallest absolute Gasteiger partial charge is 0.235 e. The Morgan fingerprint density at radius 1 is 1.21 bits per heavy atom. The Kier molecular flexibility index (Phi) is 2.91. The molecule has 0 saturated carbocycles. The van der Waals surface area contributed by atoms with E-state index in [0.29, 0.717) is 18.3 Å². The first-order chi connectivity index (χ1) is 9.26. The van der Waals surface area contributed by atoms with E-state index in [2.05, 4.69) is 20.2 Å². The van der Waals surface area contributed by atoms with Crippen LogP contribution in [-0.2, 0) is 13.0 Å². The molecule has 6 nitrogen and oxygen atoms in total. The lowest BCUT2D eigenvalue weighted by Crippen LogP contribution is -2.17. The minimum absolute atomic E-state index is 0.548. The molecule has 0 amide bonds. The lowest BCUT2D eigenvalue weighted by Gasteiger charge is -2.15. The van der Waals surface area contributed by atoms with Crippen LogP contribution in [0.5, 0.6) is 0 Å². The van der Waals surface area contributed by atoms with Gasteiger partial charge in [0.2, 0.25) is 11.8 Å². The monoisotopic (exact) mass is 257 g/mol. The van der Waals surface area contributed by atoms with E-state index in [-0.39, 0.29) is 0 Å². The summed E-state index contributed by atoms with van der Waals surface area (Å²) in [6, 6.07) is 6.01. The molecule has 1 N–H and O–H groups in total. The summed E-state index contributed by atoms with van der Waals surface area (Å²) >= 11 is 0. The van der Waals surface area contributed by atoms with Gasteiger partial charge in [-0.25, -0.2) is 4.98 Å². The summed E-state index contributed by atoms with van der Waals surface area (Å²) in [6.45, 7) is 2.54. The van der Waals surface area contributed by atoms with Gasteiger partial charge in [-0.15, -0.1) is 10.2 Å². The molecule has 98 valence electrons. The minimum Gasteiger partial charge on any atom is -0.423 e. The number of H-pyrrole nitrogens is 1. The maximum absolute atomic E-state index is 5.50. The molecule has 0 aliphatic rings. The van der Waals surface area contributed by atoms with Crippen LogP contribution < -0.4 is 4.90 Å². The molecule has 19 heavy (non-hydrogen) atoms. The number of aromatic amines is 1. The van der Waals surface area contributed by atoms with E-state index in [0.717, 1.165) is 23.3 Å². The highest BCUT2D eigenvalue weighted by atomic mass is 16.4. The van der Waals surface area contributed by atoms with Gasteiger partial charge in [-0.05, 0) is 18.2 Å².